The molecule has 1 fully saturated rings. The predicted molar refractivity (Wildman–Crippen MR) is 79.0 cm³/mol. The van der Waals surface area contributed by atoms with Gasteiger partial charge in [0.2, 0.25) is 5.91 Å². The third kappa shape index (κ3) is 3.95. The third-order valence-electron chi connectivity index (χ3n) is 3.37. The summed E-state index contributed by atoms with van der Waals surface area (Å²) >= 11 is 6.11. The van der Waals surface area contributed by atoms with Crippen LogP contribution in [-0.4, -0.2) is 31.5 Å². The smallest absolute Gasteiger partial charge is 0.225 e. The molecule has 0 aromatic heterocycles. The van der Waals surface area contributed by atoms with Crippen LogP contribution in [0.15, 0.2) is 24.3 Å². The molecular weight excluding hydrogens is 278 g/mol. The zero-order valence-electron chi connectivity index (χ0n) is 11.8. The van der Waals surface area contributed by atoms with Gasteiger partial charge in [-0.2, -0.15) is 0 Å². The fraction of sp³-hybridized carbons (Fsp3) is 0.533. The number of nitrogens with zero attached hydrogens (tertiary/aromatic N) is 1. The lowest BCUT2D eigenvalue weighted by atomic mass is 10.2. The van der Waals surface area contributed by atoms with E-state index in [2.05, 4.69) is 6.92 Å². The molecule has 2 unspecified atom stereocenters. The van der Waals surface area contributed by atoms with Crippen LogP contribution in [0, 0.1) is 0 Å². The molecule has 1 aromatic carbocycles. The Morgan fingerprint density at radius 3 is 2.80 bits per heavy atom. The van der Waals surface area contributed by atoms with E-state index < -0.39 is 0 Å². The Balaban J connectivity index is 1.90. The summed E-state index contributed by atoms with van der Waals surface area (Å²) in [6.45, 7) is 4.25. The van der Waals surface area contributed by atoms with Gasteiger partial charge in [0, 0.05) is 6.92 Å². The van der Waals surface area contributed by atoms with E-state index in [0.717, 1.165) is 12.8 Å². The molecule has 20 heavy (non-hydrogen) atoms. The second-order valence-electron chi connectivity index (χ2n) is 5.04. The first-order valence-electron chi connectivity index (χ1n) is 6.83. The third-order valence-corrected chi connectivity index (χ3v) is 3.69. The minimum absolute atomic E-state index is 0.0983. The van der Waals surface area contributed by atoms with E-state index in [1.54, 1.807) is 12.1 Å². The summed E-state index contributed by atoms with van der Waals surface area (Å²) in [4.78, 5) is 13.3. The molecule has 0 aliphatic carbocycles. The molecule has 1 heterocycles. The Morgan fingerprint density at radius 2 is 2.20 bits per heavy atom. The summed E-state index contributed by atoms with van der Waals surface area (Å²) in [5.41, 5.74) is 0.669. The van der Waals surface area contributed by atoms with Crippen molar-refractivity contribution in [3.8, 4) is 0 Å². The zero-order chi connectivity index (χ0) is 14.5. The number of benzene rings is 1. The number of hydrogen-bond donors (Lipinski definition) is 0. The second kappa shape index (κ2) is 7.07. The average Bonchev–Trinajstić information content (AvgIpc) is 2.81. The summed E-state index contributed by atoms with van der Waals surface area (Å²) in [5.74, 6) is -0.0983. The molecule has 5 heteroatoms. The molecular formula is C15H20ClNO3. The molecule has 0 bridgehead atoms. The van der Waals surface area contributed by atoms with Gasteiger partial charge in [-0.15, -0.1) is 0 Å². The Hall–Kier alpha value is -1.10. The highest BCUT2D eigenvalue weighted by Gasteiger charge is 2.22. The topological polar surface area (TPSA) is 38.8 Å². The van der Waals surface area contributed by atoms with Crippen molar-refractivity contribution in [2.75, 3.05) is 18.2 Å². The van der Waals surface area contributed by atoms with Crippen LogP contribution >= 0.6 is 11.6 Å². The molecule has 1 amide bonds. The quantitative estimate of drug-likeness (QED) is 0.783. The van der Waals surface area contributed by atoms with E-state index in [1.807, 2.05) is 12.1 Å². The number of anilines is 1. The number of rotatable bonds is 5. The molecule has 1 saturated heterocycles. The summed E-state index contributed by atoms with van der Waals surface area (Å²) in [7, 11) is 0. The van der Waals surface area contributed by atoms with Gasteiger partial charge in [0.1, 0.15) is 6.73 Å². The van der Waals surface area contributed by atoms with Crippen LogP contribution in [0.4, 0.5) is 5.69 Å². The highest BCUT2D eigenvalue weighted by Crippen LogP contribution is 2.25. The standard InChI is InChI=1S/C15H20ClNO3/c1-11-7-8-13(20-11)9-19-10-17(12(2)18)15-6-4-3-5-14(15)16/h3-6,11,13H,7-10H2,1-2H3. The van der Waals surface area contributed by atoms with Crippen LogP contribution in [0.2, 0.25) is 5.02 Å². The molecule has 2 rings (SSSR count). The van der Waals surface area contributed by atoms with Crippen LogP contribution < -0.4 is 4.90 Å². The molecule has 1 aromatic rings. The Bertz CT molecular complexity index is 466. The van der Waals surface area contributed by atoms with Crippen molar-refractivity contribution >= 4 is 23.2 Å². The first kappa shape index (κ1) is 15.3. The Morgan fingerprint density at radius 1 is 1.45 bits per heavy atom. The van der Waals surface area contributed by atoms with Crippen LogP contribution in [0.1, 0.15) is 26.7 Å². The maximum atomic E-state index is 11.7. The van der Waals surface area contributed by atoms with Crippen molar-refractivity contribution in [1.82, 2.24) is 0 Å². The maximum absolute atomic E-state index is 11.7. The molecule has 0 N–H and O–H groups in total. The molecule has 1 aliphatic heterocycles. The number of amides is 1. The van der Waals surface area contributed by atoms with Gasteiger partial charge in [0.05, 0.1) is 29.5 Å². The van der Waals surface area contributed by atoms with E-state index in [-0.39, 0.29) is 18.7 Å². The number of ether oxygens (including phenoxy) is 2. The highest BCUT2D eigenvalue weighted by atomic mass is 35.5. The van der Waals surface area contributed by atoms with Gasteiger partial charge in [-0.25, -0.2) is 0 Å². The van der Waals surface area contributed by atoms with Gasteiger partial charge in [-0.05, 0) is 31.9 Å². The van der Waals surface area contributed by atoms with Crippen molar-refractivity contribution in [1.29, 1.82) is 0 Å². The molecule has 0 saturated carbocycles. The van der Waals surface area contributed by atoms with E-state index >= 15 is 0 Å². The predicted octanol–water partition coefficient (Wildman–Crippen LogP) is 3.23. The minimum Gasteiger partial charge on any atom is -0.373 e. The summed E-state index contributed by atoms with van der Waals surface area (Å²) < 4.78 is 11.3. The monoisotopic (exact) mass is 297 g/mol. The molecule has 2 atom stereocenters. The van der Waals surface area contributed by atoms with Gasteiger partial charge >= 0.3 is 0 Å². The van der Waals surface area contributed by atoms with E-state index in [4.69, 9.17) is 21.1 Å². The summed E-state index contributed by atoms with van der Waals surface area (Å²) in [6.07, 6.45) is 2.50. The van der Waals surface area contributed by atoms with E-state index in [0.29, 0.717) is 23.4 Å². The molecule has 1 aliphatic rings. The highest BCUT2D eigenvalue weighted by molar-refractivity contribution is 6.33. The van der Waals surface area contributed by atoms with Crippen LogP contribution in [0.5, 0.6) is 0 Å². The normalized spacial score (nSPS) is 21.9. The lowest BCUT2D eigenvalue weighted by Gasteiger charge is -2.23. The second-order valence-corrected chi connectivity index (χ2v) is 5.45. The van der Waals surface area contributed by atoms with Crippen molar-refractivity contribution in [2.24, 2.45) is 0 Å². The largest absolute Gasteiger partial charge is 0.373 e. The fourth-order valence-electron chi connectivity index (χ4n) is 2.28. The van der Waals surface area contributed by atoms with Gasteiger partial charge in [-0.1, -0.05) is 23.7 Å². The van der Waals surface area contributed by atoms with Crippen molar-refractivity contribution in [2.45, 2.75) is 38.9 Å². The lowest BCUT2D eigenvalue weighted by Crippen LogP contribution is -2.32. The number of carbonyl (C=O) groups is 1. The number of halogens is 1. The van der Waals surface area contributed by atoms with Gasteiger partial charge in [0.25, 0.3) is 0 Å². The van der Waals surface area contributed by atoms with Crippen molar-refractivity contribution < 1.29 is 14.3 Å². The van der Waals surface area contributed by atoms with Gasteiger partial charge < -0.3 is 9.47 Å². The van der Waals surface area contributed by atoms with Crippen molar-refractivity contribution in [3.63, 3.8) is 0 Å². The van der Waals surface area contributed by atoms with Crippen LogP contribution in [-0.2, 0) is 14.3 Å². The summed E-state index contributed by atoms with van der Waals surface area (Å²) in [5, 5.41) is 0.539. The first-order chi connectivity index (χ1) is 9.58. The fourth-order valence-corrected chi connectivity index (χ4v) is 2.52. The minimum atomic E-state index is -0.0983. The van der Waals surface area contributed by atoms with Crippen molar-refractivity contribution in [3.05, 3.63) is 29.3 Å². The molecule has 0 spiro atoms. The number of hydrogen-bond acceptors (Lipinski definition) is 3. The number of para-hydroxylation sites is 1. The Kier molecular flexibility index (Phi) is 5.40. The number of carbonyl (C=O) groups excluding carboxylic acids is 1. The summed E-state index contributed by atoms with van der Waals surface area (Å²) in [6, 6.07) is 7.24. The maximum Gasteiger partial charge on any atom is 0.225 e. The van der Waals surface area contributed by atoms with Crippen LogP contribution in [0.25, 0.3) is 0 Å². The lowest BCUT2D eigenvalue weighted by molar-refractivity contribution is -0.118. The van der Waals surface area contributed by atoms with Gasteiger partial charge in [-0.3, -0.25) is 9.69 Å². The first-order valence-corrected chi connectivity index (χ1v) is 7.21. The average molecular weight is 298 g/mol. The molecule has 110 valence electrons. The van der Waals surface area contributed by atoms with Crippen LogP contribution in [0.3, 0.4) is 0 Å². The Labute approximate surface area is 124 Å². The van der Waals surface area contributed by atoms with E-state index in [9.17, 15) is 4.79 Å². The van der Waals surface area contributed by atoms with Gasteiger partial charge in [0.15, 0.2) is 0 Å². The molecule has 0 radical (unpaired) electrons. The van der Waals surface area contributed by atoms with E-state index in [1.165, 1.54) is 11.8 Å². The molecule has 4 nitrogen and oxygen atoms in total. The SMILES string of the molecule is CC(=O)N(COCC1CCC(C)O1)c1ccccc1Cl. The zero-order valence-corrected chi connectivity index (χ0v) is 12.6.